The zero-order chi connectivity index (χ0) is 20.9. The van der Waals surface area contributed by atoms with Crippen molar-refractivity contribution in [2.45, 2.75) is 6.42 Å². The Kier molecular flexibility index (Phi) is 7.41. The second-order valence-electron chi connectivity index (χ2n) is 6.89. The first kappa shape index (κ1) is 21.7. The minimum atomic E-state index is -0.0120. The number of morpholine rings is 1. The molecular weight excluding hydrogens is 461 g/mol. The number of thiophene rings is 1. The largest absolute Gasteiger partial charge is 0.379 e. The van der Waals surface area contributed by atoms with Crippen molar-refractivity contribution in [2.24, 2.45) is 0 Å². The van der Waals surface area contributed by atoms with Crippen LogP contribution in [0.4, 0.5) is 5.13 Å². The lowest BCUT2D eigenvalue weighted by molar-refractivity contribution is 0.0376. The first-order valence-electron chi connectivity index (χ1n) is 9.68. The number of amides is 1. The van der Waals surface area contributed by atoms with E-state index < -0.39 is 0 Å². The van der Waals surface area contributed by atoms with Gasteiger partial charge in [0.2, 0.25) is 0 Å². The predicted octanol–water partition coefficient (Wildman–Crippen LogP) is 5.55. The number of halogens is 2. The van der Waals surface area contributed by atoms with Gasteiger partial charge in [-0.15, -0.1) is 22.7 Å². The minimum absolute atomic E-state index is 0.0120. The van der Waals surface area contributed by atoms with E-state index in [9.17, 15) is 4.79 Å². The second-order valence-corrected chi connectivity index (χ2v) is 9.48. The van der Waals surface area contributed by atoms with Gasteiger partial charge in [-0.2, -0.15) is 0 Å². The second kappa shape index (κ2) is 10.2. The summed E-state index contributed by atoms with van der Waals surface area (Å²) in [5, 5.41) is 5.55. The van der Waals surface area contributed by atoms with Crippen molar-refractivity contribution >= 4 is 56.9 Å². The smallest absolute Gasteiger partial charge is 0.270 e. The molecule has 1 amide bonds. The van der Waals surface area contributed by atoms with Gasteiger partial charge in [-0.05, 0) is 30.0 Å². The summed E-state index contributed by atoms with van der Waals surface area (Å²) in [6.45, 7) is 4.98. The fraction of sp³-hybridized carbons (Fsp3) is 0.333. The molecule has 0 atom stereocenters. The highest BCUT2D eigenvalue weighted by Gasteiger charge is 2.22. The molecule has 4 rings (SSSR count). The van der Waals surface area contributed by atoms with Gasteiger partial charge in [0.05, 0.1) is 33.8 Å². The van der Waals surface area contributed by atoms with E-state index in [2.05, 4.69) is 4.90 Å². The first-order chi connectivity index (χ1) is 14.6. The van der Waals surface area contributed by atoms with Gasteiger partial charge in [-0.1, -0.05) is 35.3 Å². The summed E-state index contributed by atoms with van der Waals surface area (Å²) in [5.74, 6) is -0.0120. The van der Waals surface area contributed by atoms with E-state index in [0.717, 1.165) is 50.5 Å². The lowest BCUT2D eigenvalue weighted by Crippen LogP contribution is -2.39. The number of benzene rings is 1. The lowest BCUT2D eigenvalue weighted by Gasteiger charge is -2.27. The van der Waals surface area contributed by atoms with Crippen LogP contribution in [-0.2, 0) is 4.74 Å². The van der Waals surface area contributed by atoms with Gasteiger partial charge in [-0.3, -0.25) is 14.6 Å². The Morgan fingerprint density at radius 2 is 2.00 bits per heavy atom. The molecule has 1 aliphatic rings. The number of hydrogen-bond acceptors (Lipinski definition) is 6. The summed E-state index contributed by atoms with van der Waals surface area (Å²) in [6, 6.07) is 9.20. The van der Waals surface area contributed by atoms with Crippen LogP contribution in [0.3, 0.4) is 0 Å². The molecule has 3 heterocycles. The van der Waals surface area contributed by atoms with Crippen molar-refractivity contribution < 1.29 is 9.53 Å². The highest BCUT2D eigenvalue weighted by molar-refractivity contribution is 7.14. The molecule has 0 aliphatic carbocycles. The van der Waals surface area contributed by atoms with E-state index in [1.165, 1.54) is 22.7 Å². The van der Waals surface area contributed by atoms with Crippen molar-refractivity contribution in [2.75, 3.05) is 44.3 Å². The van der Waals surface area contributed by atoms with E-state index in [1.54, 1.807) is 17.0 Å². The van der Waals surface area contributed by atoms with Crippen molar-refractivity contribution in [3.8, 4) is 11.3 Å². The highest BCUT2D eigenvalue weighted by Crippen LogP contribution is 2.32. The normalized spacial score (nSPS) is 14.7. The Morgan fingerprint density at radius 1 is 1.17 bits per heavy atom. The Hall–Kier alpha value is -1.48. The number of hydrogen-bond donors (Lipinski definition) is 0. The van der Waals surface area contributed by atoms with Gasteiger partial charge in [0, 0.05) is 37.1 Å². The Labute approximate surface area is 193 Å². The third-order valence-corrected chi connectivity index (χ3v) is 7.34. The van der Waals surface area contributed by atoms with Crippen LogP contribution in [0.2, 0.25) is 10.0 Å². The molecule has 0 N–H and O–H groups in total. The van der Waals surface area contributed by atoms with Crippen molar-refractivity contribution in [3.63, 3.8) is 0 Å². The Bertz CT molecular complexity index is 988. The number of ether oxygens (including phenoxy) is 1. The number of thiazole rings is 1. The van der Waals surface area contributed by atoms with Crippen molar-refractivity contribution in [1.82, 2.24) is 9.88 Å². The van der Waals surface area contributed by atoms with Crippen LogP contribution >= 0.6 is 45.9 Å². The molecule has 0 spiro atoms. The summed E-state index contributed by atoms with van der Waals surface area (Å²) in [5.41, 5.74) is 1.66. The quantitative estimate of drug-likeness (QED) is 0.443. The van der Waals surface area contributed by atoms with Gasteiger partial charge in [0.15, 0.2) is 5.13 Å². The maximum Gasteiger partial charge on any atom is 0.270 e. The van der Waals surface area contributed by atoms with Crippen LogP contribution in [0, 0.1) is 0 Å². The molecule has 2 aromatic heterocycles. The number of carbonyl (C=O) groups is 1. The first-order valence-corrected chi connectivity index (χ1v) is 12.2. The molecular formula is C21H21Cl2N3O2S2. The average molecular weight is 482 g/mol. The predicted molar refractivity (Wildman–Crippen MR) is 125 cm³/mol. The van der Waals surface area contributed by atoms with Gasteiger partial charge in [0.1, 0.15) is 0 Å². The van der Waals surface area contributed by atoms with Gasteiger partial charge in [-0.25, -0.2) is 4.98 Å². The molecule has 9 heteroatoms. The molecule has 3 aromatic rings. The fourth-order valence-electron chi connectivity index (χ4n) is 3.27. The molecule has 0 radical (unpaired) electrons. The molecule has 1 aromatic carbocycles. The summed E-state index contributed by atoms with van der Waals surface area (Å²) in [4.78, 5) is 22.8. The highest BCUT2D eigenvalue weighted by atomic mass is 35.5. The number of carbonyl (C=O) groups excluding carboxylic acids is 1. The van der Waals surface area contributed by atoms with Crippen molar-refractivity contribution in [1.29, 1.82) is 0 Å². The number of anilines is 1. The third kappa shape index (κ3) is 5.22. The molecule has 1 aliphatic heterocycles. The van der Waals surface area contributed by atoms with Crippen LogP contribution in [0.15, 0.2) is 41.1 Å². The van der Waals surface area contributed by atoms with E-state index in [0.29, 0.717) is 26.6 Å². The van der Waals surface area contributed by atoms with Crippen molar-refractivity contribution in [3.05, 3.63) is 56.0 Å². The fourth-order valence-corrected chi connectivity index (χ4v) is 5.10. The number of rotatable bonds is 7. The molecule has 0 saturated carbocycles. The zero-order valence-corrected chi connectivity index (χ0v) is 19.4. The third-order valence-electron chi connectivity index (χ3n) is 4.88. The zero-order valence-electron chi connectivity index (χ0n) is 16.2. The van der Waals surface area contributed by atoms with Crippen LogP contribution in [0.5, 0.6) is 0 Å². The van der Waals surface area contributed by atoms with Gasteiger partial charge < -0.3 is 4.74 Å². The standard InChI is InChI=1S/C21H21Cl2N3O2S2/c22-16-5-4-15(13-17(16)23)18-14-30-21(24-18)26(20(27)19-3-1-12-29-19)7-2-6-25-8-10-28-11-9-25/h1,3-5,12-14H,2,6-11H2. The SMILES string of the molecule is O=C(c1cccs1)N(CCCN1CCOCC1)c1nc(-c2ccc(Cl)c(Cl)c2)cs1. The molecule has 1 saturated heterocycles. The number of nitrogens with zero attached hydrogens (tertiary/aromatic N) is 3. The van der Waals surface area contributed by atoms with E-state index >= 15 is 0 Å². The Balaban J connectivity index is 1.52. The van der Waals surface area contributed by atoms with Gasteiger partial charge in [0.25, 0.3) is 5.91 Å². The molecule has 5 nitrogen and oxygen atoms in total. The number of aromatic nitrogens is 1. The lowest BCUT2D eigenvalue weighted by atomic mass is 10.2. The average Bonchev–Trinajstić information content (AvgIpc) is 3.46. The topological polar surface area (TPSA) is 45.7 Å². The monoisotopic (exact) mass is 481 g/mol. The summed E-state index contributed by atoms with van der Waals surface area (Å²) < 4.78 is 5.41. The molecule has 0 bridgehead atoms. The van der Waals surface area contributed by atoms with Crippen LogP contribution in [0.1, 0.15) is 16.1 Å². The van der Waals surface area contributed by atoms with Crippen LogP contribution in [0.25, 0.3) is 11.3 Å². The molecule has 158 valence electrons. The maximum absolute atomic E-state index is 13.2. The Morgan fingerprint density at radius 3 is 2.73 bits per heavy atom. The maximum atomic E-state index is 13.2. The summed E-state index contributed by atoms with van der Waals surface area (Å²) >= 11 is 15.1. The van der Waals surface area contributed by atoms with Gasteiger partial charge >= 0.3 is 0 Å². The minimum Gasteiger partial charge on any atom is -0.379 e. The van der Waals surface area contributed by atoms with E-state index in [-0.39, 0.29) is 5.91 Å². The van der Waals surface area contributed by atoms with E-state index in [1.807, 2.05) is 29.0 Å². The molecule has 0 unspecified atom stereocenters. The van der Waals surface area contributed by atoms with Crippen LogP contribution in [-0.4, -0.2) is 55.2 Å². The summed E-state index contributed by atoms with van der Waals surface area (Å²) in [7, 11) is 0. The summed E-state index contributed by atoms with van der Waals surface area (Å²) in [6.07, 6.45) is 0.874. The van der Waals surface area contributed by atoms with E-state index in [4.69, 9.17) is 32.9 Å². The van der Waals surface area contributed by atoms with Crippen LogP contribution < -0.4 is 4.90 Å². The molecule has 1 fully saturated rings. The molecule has 30 heavy (non-hydrogen) atoms.